The van der Waals surface area contributed by atoms with Crippen molar-refractivity contribution in [1.82, 2.24) is 10.3 Å². The van der Waals surface area contributed by atoms with E-state index in [0.717, 1.165) is 6.07 Å². The molecule has 1 aliphatic carbocycles. The van der Waals surface area contributed by atoms with Crippen LogP contribution in [0, 0.1) is 16.7 Å². The van der Waals surface area contributed by atoms with Gasteiger partial charge in [0, 0.05) is 36.2 Å². The summed E-state index contributed by atoms with van der Waals surface area (Å²) < 4.78 is 46.7. The van der Waals surface area contributed by atoms with Crippen molar-refractivity contribution in [3.05, 3.63) is 77.6 Å². The Hall–Kier alpha value is -4.92. The predicted octanol–water partition coefficient (Wildman–Crippen LogP) is 5.38. The number of hydrogen-bond acceptors (Lipinski definition) is 6. The summed E-state index contributed by atoms with van der Waals surface area (Å²) in [6, 6.07) is 12.9. The smallest absolute Gasteiger partial charge is 0.417 e. The van der Waals surface area contributed by atoms with Gasteiger partial charge in [0.2, 0.25) is 0 Å². The molecule has 0 bridgehead atoms. The van der Waals surface area contributed by atoms with Gasteiger partial charge in [0.1, 0.15) is 22.6 Å². The van der Waals surface area contributed by atoms with E-state index in [2.05, 4.69) is 20.9 Å². The summed E-state index contributed by atoms with van der Waals surface area (Å²) in [5.74, 6) is -0.492. The second-order valence-electron chi connectivity index (χ2n) is 8.44. The molecule has 1 aliphatic rings. The number of amides is 3. The third-order valence-corrected chi connectivity index (χ3v) is 5.77. The molecule has 1 saturated carbocycles. The normalized spacial score (nSPS) is 13.6. The van der Waals surface area contributed by atoms with Crippen molar-refractivity contribution in [2.24, 2.45) is 5.41 Å². The molecule has 12 heteroatoms. The van der Waals surface area contributed by atoms with E-state index in [1.165, 1.54) is 37.5 Å². The number of carbonyl (C=O) groups is 3. The molecule has 0 aliphatic heterocycles. The van der Waals surface area contributed by atoms with Crippen LogP contribution in [0.4, 0.5) is 29.3 Å². The number of pyridine rings is 1. The maximum absolute atomic E-state index is 13.7. The van der Waals surface area contributed by atoms with Crippen LogP contribution in [-0.2, 0) is 6.18 Å². The van der Waals surface area contributed by atoms with Gasteiger partial charge in [-0.15, -0.1) is 0 Å². The second kappa shape index (κ2) is 10.2. The van der Waals surface area contributed by atoms with Crippen LogP contribution < -0.4 is 20.7 Å². The van der Waals surface area contributed by atoms with Crippen molar-refractivity contribution in [3.8, 4) is 17.6 Å². The number of ether oxygens (including phenoxy) is 1. The second-order valence-corrected chi connectivity index (χ2v) is 8.44. The average molecular weight is 523 g/mol. The number of nitriles is 1. The number of rotatable bonds is 7. The van der Waals surface area contributed by atoms with Gasteiger partial charge in [-0.25, -0.2) is 4.79 Å². The first-order chi connectivity index (χ1) is 18.0. The lowest BCUT2D eigenvalue weighted by Crippen LogP contribution is -2.22. The van der Waals surface area contributed by atoms with Crippen LogP contribution in [0.1, 0.15) is 39.3 Å². The average Bonchev–Trinajstić information content (AvgIpc) is 3.70. The van der Waals surface area contributed by atoms with E-state index in [0.29, 0.717) is 23.3 Å². The molecule has 38 heavy (non-hydrogen) atoms. The Bertz CT molecular complexity index is 1440. The van der Waals surface area contributed by atoms with Gasteiger partial charge in [-0.1, -0.05) is 0 Å². The van der Waals surface area contributed by atoms with E-state index in [9.17, 15) is 32.8 Å². The van der Waals surface area contributed by atoms with E-state index in [4.69, 9.17) is 4.74 Å². The largest absolute Gasteiger partial charge is 0.457 e. The number of Topliss-reactive ketones (excluding diaryl/α,β-unsaturated/α-hetero) is 1. The quantitative estimate of drug-likeness (QED) is 0.356. The lowest BCUT2D eigenvalue weighted by Gasteiger charge is -2.16. The zero-order valence-electron chi connectivity index (χ0n) is 19.8. The maximum atomic E-state index is 13.7. The summed E-state index contributed by atoms with van der Waals surface area (Å²) in [5.41, 5.74) is -2.93. The van der Waals surface area contributed by atoms with Crippen LogP contribution in [0.25, 0.3) is 0 Å². The topological polar surface area (TPSA) is 133 Å². The first-order valence-electron chi connectivity index (χ1n) is 11.3. The summed E-state index contributed by atoms with van der Waals surface area (Å²) in [6.07, 6.45) is -3.02. The number of benzene rings is 2. The van der Waals surface area contributed by atoms with E-state index < -0.39 is 34.5 Å². The van der Waals surface area contributed by atoms with Crippen LogP contribution in [0.5, 0.6) is 11.5 Å². The zero-order valence-corrected chi connectivity index (χ0v) is 19.8. The van der Waals surface area contributed by atoms with Crippen molar-refractivity contribution < 1.29 is 32.3 Å². The molecule has 1 fully saturated rings. The molecule has 4 rings (SSSR count). The molecule has 2 aromatic carbocycles. The highest BCUT2D eigenvalue weighted by Crippen LogP contribution is 2.49. The van der Waals surface area contributed by atoms with Gasteiger partial charge in [0.15, 0.2) is 5.78 Å². The lowest BCUT2D eigenvalue weighted by atomic mass is 9.92. The number of halogens is 3. The van der Waals surface area contributed by atoms with Gasteiger partial charge in [-0.2, -0.15) is 18.4 Å². The zero-order chi connectivity index (χ0) is 27.5. The molecule has 194 valence electrons. The summed E-state index contributed by atoms with van der Waals surface area (Å²) >= 11 is 0. The Morgan fingerprint density at radius 3 is 2.24 bits per heavy atom. The Balaban J connectivity index is 1.42. The molecule has 9 nitrogen and oxygen atoms in total. The van der Waals surface area contributed by atoms with Crippen molar-refractivity contribution in [1.29, 1.82) is 5.26 Å². The Kier molecular flexibility index (Phi) is 7.03. The van der Waals surface area contributed by atoms with E-state index in [1.807, 2.05) is 0 Å². The number of anilines is 2. The first kappa shape index (κ1) is 26.2. The molecule has 1 aromatic heterocycles. The molecular weight excluding hydrogens is 503 g/mol. The van der Waals surface area contributed by atoms with Crippen molar-refractivity contribution in [2.75, 3.05) is 17.7 Å². The molecule has 0 spiro atoms. The number of urea groups is 1. The van der Waals surface area contributed by atoms with Gasteiger partial charge in [0.25, 0.3) is 5.91 Å². The number of ketones is 1. The highest BCUT2D eigenvalue weighted by atomic mass is 19.4. The summed E-state index contributed by atoms with van der Waals surface area (Å²) in [6.45, 7) is 0. The molecule has 1 heterocycles. The minimum atomic E-state index is -4.86. The standard InChI is InChI=1S/C26H20F3N5O4/c1-31-23(36)21-13-18(8-11-32-21)38-17-5-2-15(3-6-17)33-24(37)34-16-4-7-19(20(12-16)26(27,28)29)22(35)25(14-30)9-10-25/h2-8,11-13H,9-10H2,1H3,(H,31,36)(H2,33,34,37). The number of nitrogens with zero attached hydrogens (tertiary/aromatic N) is 2. The van der Waals surface area contributed by atoms with Crippen LogP contribution in [-0.4, -0.2) is 29.8 Å². The molecule has 0 unspecified atom stereocenters. The monoisotopic (exact) mass is 523 g/mol. The number of aromatic nitrogens is 1. The number of carbonyl (C=O) groups excluding carboxylic acids is 3. The third kappa shape index (κ3) is 5.73. The predicted molar refractivity (Wildman–Crippen MR) is 130 cm³/mol. The van der Waals surface area contributed by atoms with Crippen LogP contribution >= 0.6 is 0 Å². The van der Waals surface area contributed by atoms with Crippen LogP contribution in [0.2, 0.25) is 0 Å². The number of alkyl halides is 3. The Morgan fingerprint density at radius 2 is 1.63 bits per heavy atom. The molecule has 3 N–H and O–H groups in total. The number of nitrogens with one attached hydrogen (secondary N) is 3. The van der Waals surface area contributed by atoms with E-state index in [-0.39, 0.29) is 30.1 Å². The van der Waals surface area contributed by atoms with Gasteiger partial charge in [-0.3, -0.25) is 14.6 Å². The Morgan fingerprint density at radius 1 is 0.974 bits per heavy atom. The Labute approximate surface area is 214 Å². The van der Waals surface area contributed by atoms with E-state index >= 15 is 0 Å². The molecular formula is C26H20F3N5O4. The van der Waals surface area contributed by atoms with Crippen molar-refractivity contribution >= 4 is 29.1 Å². The van der Waals surface area contributed by atoms with Gasteiger partial charge in [0.05, 0.1) is 11.6 Å². The molecule has 0 radical (unpaired) electrons. The van der Waals surface area contributed by atoms with Crippen LogP contribution in [0.15, 0.2) is 60.8 Å². The molecule has 0 saturated heterocycles. The van der Waals surface area contributed by atoms with Crippen molar-refractivity contribution in [2.45, 2.75) is 19.0 Å². The fraction of sp³-hybridized carbons (Fsp3) is 0.192. The van der Waals surface area contributed by atoms with E-state index in [1.54, 1.807) is 24.3 Å². The molecule has 0 atom stereocenters. The highest BCUT2D eigenvalue weighted by molar-refractivity contribution is 6.06. The SMILES string of the molecule is CNC(=O)c1cc(Oc2ccc(NC(=O)Nc3ccc(C(=O)C4(C#N)CC4)c(C(F)(F)F)c3)cc2)ccn1. The fourth-order valence-electron chi connectivity index (χ4n) is 3.59. The summed E-state index contributed by atoms with van der Waals surface area (Å²) in [5, 5.41) is 16.4. The molecule has 3 amide bonds. The maximum Gasteiger partial charge on any atom is 0.417 e. The van der Waals surface area contributed by atoms with Gasteiger partial charge >= 0.3 is 12.2 Å². The minimum absolute atomic E-state index is 0.170. The number of hydrogen-bond donors (Lipinski definition) is 3. The highest BCUT2D eigenvalue weighted by Gasteiger charge is 2.52. The van der Waals surface area contributed by atoms with Gasteiger partial charge in [-0.05, 0) is 61.4 Å². The summed E-state index contributed by atoms with van der Waals surface area (Å²) in [7, 11) is 1.48. The first-order valence-corrected chi connectivity index (χ1v) is 11.3. The lowest BCUT2D eigenvalue weighted by molar-refractivity contribution is -0.137. The van der Waals surface area contributed by atoms with Gasteiger partial charge < -0.3 is 20.7 Å². The minimum Gasteiger partial charge on any atom is -0.457 e. The van der Waals surface area contributed by atoms with Crippen LogP contribution in [0.3, 0.4) is 0 Å². The third-order valence-electron chi connectivity index (χ3n) is 5.77. The molecule has 3 aromatic rings. The summed E-state index contributed by atoms with van der Waals surface area (Å²) in [4.78, 5) is 40.6. The fourth-order valence-corrected chi connectivity index (χ4v) is 3.59. The van der Waals surface area contributed by atoms with Crippen molar-refractivity contribution in [3.63, 3.8) is 0 Å².